The maximum Gasteiger partial charge on any atom is 0.307 e. The van der Waals surface area contributed by atoms with E-state index >= 15 is 0 Å². The van der Waals surface area contributed by atoms with Crippen LogP contribution >= 0.6 is 0 Å². The highest BCUT2D eigenvalue weighted by atomic mass is 19.1. The Hall–Kier alpha value is -5.26. The zero-order valence-electron chi connectivity index (χ0n) is 25.2. The fourth-order valence-corrected chi connectivity index (χ4v) is 5.04. The summed E-state index contributed by atoms with van der Waals surface area (Å²) >= 11 is 0. The molecule has 0 fully saturated rings. The van der Waals surface area contributed by atoms with Crippen molar-refractivity contribution in [1.82, 2.24) is 40.7 Å². The largest absolute Gasteiger partial charge is 0.466 e. The Morgan fingerprint density at radius 1 is 1.02 bits per heavy atom. The predicted octanol–water partition coefficient (Wildman–Crippen LogP) is 4.95. The van der Waals surface area contributed by atoms with E-state index in [4.69, 9.17) is 9.72 Å². The molecule has 232 valence electrons. The molecule has 0 spiro atoms. The third-order valence-corrected chi connectivity index (χ3v) is 7.20. The van der Waals surface area contributed by atoms with Gasteiger partial charge in [-0.2, -0.15) is 5.10 Å². The first-order chi connectivity index (χ1) is 21.9. The van der Waals surface area contributed by atoms with Crippen LogP contribution in [0.4, 0.5) is 4.39 Å². The van der Waals surface area contributed by atoms with Gasteiger partial charge in [-0.15, -0.1) is 5.10 Å². The molecule has 0 aliphatic carbocycles. The number of nitrogens with zero attached hydrogens (tertiary/aromatic N) is 6. The summed E-state index contributed by atoms with van der Waals surface area (Å²) in [6.07, 6.45) is 4.09. The number of amides is 1. The number of hydrogen-bond acceptors (Lipinski definition) is 8. The second-order valence-corrected chi connectivity index (χ2v) is 10.7. The Bertz CT molecular complexity index is 1720. The van der Waals surface area contributed by atoms with Gasteiger partial charge >= 0.3 is 5.97 Å². The van der Waals surface area contributed by atoms with Gasteiger partial charge in [-0.1, -0.05) is 68.8 Å². The summed E-state index contributed by atoms with van der Waals surface area (Å²) in [4.78, 5) is 30.6. The number of hydrogen-bond donors (Lipinski definition) is 2. The van der Waals surface area contributed by atoms with Gasteiger partial charge in [-0.3, -0.25) is 19.3 Å². The number of H-pyrrole nitrogens is 1. The highest BCUT2D eigenvalue weighted by Crippen LogP contribution is 2.28. The number of pyridine rings is 1. The van der Waals surface area contributed by atoms with Gasteiger partial charge in [0, 0.05) is 29.1 Å². The van der Waals surface area contributed by atoms with Crippen LogP contribution in [0.15, 0.2) is 72.9 Å². The summed E-state index contributed by atoms with van der Waals surface area (Å²) in [5, 5.41) is 21.7. The molecule has 0 bridgehead atoms. The summed E-state index contributed by atoms with van der Waals surface area (Å²) in [5.41, 5.74) is 4.90. The Balaban J connectivity index is 1.33. The van der Waals surface area contributed by atoms with Crippen LogP contribution in [0.5, 0.6) is 0 Å². The van der Waals surface area contributed by atoms with E-state index in [9.17, 15) is 14.0 Å². The number of nitrogens with one attached hydrogen (secondary N) is 2. The van der Waals surface area contributed by atoms with Crippen molar-refractivity contribution in [3.05, 3.63) is 101 Å². The molecule has 2 N–H and O–H groups in total. The van der Waals surface area contributed by atoms with Gasteiger partial charge in [0.1, 0.15) is 11.5 Å². The first-order valence-electron chi connectivity index (χ1n) is 15.0. The van der Waals surface area contributed by atoms with E-state index in [0.717, 1.165) is 34.5 Å². The molecule has 0 radical (unpaired) electrons. The summed E-state index contributed by atoms with van der Waals surface area (Å²) in [5.74, 6) is -0.738. The first-order valence-corrected chi connectivity index (χ1v) is 15.0. The lowest BCUT2D eigenvalue weighted by molar-refractivity contribution is -0.144. The summed E-state index contributed by atoms with van der Waals surface area (Å²) in [6.45, 7) is 4.65. The van der Waals surface area contributed by atoms with Crippen molar-refractivity contribution in [3.8, 4) is 22.6 Å². The number of ether oxygens (including phenoxy) is 1. The molecule has 3 aromatic heterocycles. The zero-order chi connectivity index (χ0) is 31.6. The van der Waals surface area contributed by atoms with Crippen molar-refractivity contribution in [2.24, 2.45) is 0 Å². The Morgan fingerprint density at radius 3 is 2.53 bits per heavy atom. The normalized spacial score (nSPS) is 11.7. The van der Waals surface area contributed by atoms with Crippen molar-refractivity contribution in [3.63, 3.8) is 0 Å². The molecule has 5 rings (SSSR count). The first kappa shape index (κ1) is 31.2. The molecular formula is C33H35FN8O3. The van der Waals surface area contributed by atoms with Crippen molar-refractivity contribution in [2.75, 3.05) is 6.61 Å². The number of carbonyl (C=O) groups excluding carboxylic acids is 2. The summed E-state index contributed by atoms with van der Waals surface area (Å²) in [7, 11) is 0. The van der Waals surface area contributed by atoms with Gasteiger partial charge in [0.2, 0.25) is 0 Å². The minimum atomic E-state index is -0.675. The third-order valence-electron chi connectivity index (χ3n) is 7.20. The van der Waals surface area contributed by atoms with Crippen LogP contribution in [0.2, 0.25) is 0 Å². The summed E-state index contributed by atoms with van der Waals surface area (Å²) < 4.78 is 21.5. The van der Waals surface area contributed by atoms with E-state index in [2.05, 4.69) is 38.0 Å². The molecule has 2 aromatic carbocycles. The molecule has 0 saturated carbocycles. The molecule has 45 heavy (non-hydrogen) atoms. The van der Waals surface area contributed by atoms with Gasteiger partial charge in [0.15, 0.2) is 5.82 Å². The van der Waals surface area contributed by atoms with Crippen LogP contribution in [0, 0.1) is 5.82 Å². The summed E-state index contributed by atoms with van der Waals surface area (Å²) in [6, 6.07) is 19.0. The number of aryl methyl sites for hydroxylation is 1. The second-order valence-electron chi connectivity index (χ2n) is 10.7. The Morgan fingerprint density at radius 2 is 1.82 bits per heavy atom. The molecular weight excluding hydrogens is 575 g/mol. The minimum absolute atomic E-state index is 0.0866. The average molecular weight is 611 g/mol. The number of rotatable bonds is 14. The van der Waals surface area contributed by atoms with E-state index in [-0.39, 0.29) is 25.1 Å². The van der Waals surface area contributed by atoms with Gasteiger partial charge in [-0.05, 0) is 59.0 Å². The zero-order valence-corrected chi connectivity index (χ0v) is 25.2. The van der Waals surface area contributed by atoms with Crippen molar-refractivity contribution in [1.29, 1.82) is 0 Å². The molecule has 11 nitrogen and oxygen atoms in total. The van der Waals surface area contributed by atoms with Gasteiger partial charge in [0.05, 0.1) is 25.3 Å². The molecule has 0 aliphatic rings. The molecule has 0 saturated heterocycles. The number of benzene rings is 2. The Labute approximate surface area is 260 Å². The van der Waals surface area contributed by atoms with Crippen LogP contribution in [0.1, 0.15) is 60.4 Å². The number of halogens is 1. The van der Waals surface area contributed by atoms with Crippen LogP contribution in [0.3, 0.4) is 0 Å². The number of aromatic amines is 1. The number of carbonyl (C=O) groups is 2. The lowest BCUT2D eigenvalue weighted by Crippen LogP contribution is -2.39. The standard InChI is InChI=1S/C33H35FN8O3/c1-3-9-25-19-30(33(44)36-24(18-31(43)45-16-4-2)17-23-10-5-8-13-28(23)34)39-42(25)21-22-14-15-29(35-20-22)26-11-6-7-12-27(26)32-37-40-41-38-32/h5-8,10-15,19-20,24H,3-4,9,16-18,21H2,1-2H3,(H,36,44)(H,37,38,40,41). The Kier molecular flexibility index (Phi) is 10.4. The van der Waals surface area contributed by atoms with Gasteiger partial charge in [0.25, 0.3) is 5.91 Å². The highest BCUT2D eigenvalue weighted by Gasteiger charge is 2.23. The molecule has 1 unspecified atom stereocenters. The van der Waals surface area contributed by atoms with E-state index in [0.29, 0.717) is 30.8 Å². The molecule has 12 heteroatoms. The minimum Gasteiger partial charge on any atom is -0.466 e. The van der Waals surface area contributed by atoms with Crippen molar-refractivity contribution < 1.29 is 18.7 Å². The lowest BCUT2D eigenvalue weighted by Gasteiger charge is -2.18. The molecule has 0 aliphatic heterocycles. The molecule has 1 atom stereocenters. The van der Waals surface area contributed by atoms with Crippen LogP contribution in [-0.2, 0) is 28.9 Å². The lowest BCUT2D eigenvalue weighted by atomic mass is 10.0. The maximum atomic E-state index is 14.4. The molecule has 5 aromatic rings. The number of aromatic nitrogens is 7. The molecule has 1 amide bonds. The smallest absolute Gasteiger partial charge is 0.307 e. The monoisotopic (exact) mass is 610 g/mol. The van der Waals surface area contributed by atoms with Crippen LogP contribution < -0.4 is 5.32 Å². The van der Waals surface area contributed by atoms with Gasteiger partial charge in [-0.25, -0.2) is 9.49 Å². The average Bonchev–Trinajstić information content (AvgIpc) is 3.73. The van der Waals surface area contributed by atoms with Crippen LogP contribution in [0.25, 0.3) is 22.6 Å². The van der Waals surface area contributed by atoms with E-state index in [1.165, 1.54) is 6.07 Å². The van der Waals surface area contributed by atoms with Crippen molar-refractivity contribution >= 4 is 11.9 Å². The highest BCUT2D eigenvalue weighted by molar-refractivity contribution is 5.93. The maximum absolute atomic E-state index is 14.4. The SMILES string of the molecule is CCCOC(=O)CC(Cc1ccccc1F)NC(=O)c1cc(CCC)n(Cc2ccc(-c3ccccc3-c3nnn[nH]3)nc2)n1. The fourth-order valence-electron chi connectivity index (χ4n) is 5.04. The molecule has 3 heterocycles. The third kappa shape index (κ3) is 8.02. The predicted molar refractivity (Wildman–Crippen MR) is 165 cm³/mol. The van der Waals surface area contributed by atoms with E-state index in [1.54, 1.807) is 35.1 Å². The number of tetrazole rings is 1. The fraction of sp³-hybridized carbons (Fsp3) is 0.303. The van der Waals surface area contributed by atoms with Crippen molar-refractivity contribution in [2.45, 2.75) is 58.5 Å². The second kappa shape index (κ2) is 15.0. The van der Waals surface area contributed by atoms with Gasteiger partial charge < -0.3 is 10.1 Å². The topological polar surface area (TPSA) is 141 Å². The quantitative estimate of drug-likeness (QED) is 0.168. The van der Waals surface area contributed by atoms with E-state index in [1.807, 2.05) is 43.3 Å². The number of esters is 1. The van der Waals surface area contributed by atoms with E-state index < -0.39 is 23.7 Å². The van der Waals surface area contributed by atoms with Crippen LogP contribution in [-0.4, -0.2) is 59.9 Å².